The molecule has 0 aliphatic carbocycles. The maximum atomic E-state index is 12.7. The molecule has 1 aliphatic heterocycles. The van der Waals surface area contributed by atoms with E-state index in [1.807, 2.05) is 13.8 Å². The van der Waals surface area contributed by atoms with Crippen molar-refractivity contribution in [3.05, 3.63) is 35.4 Å². The number of carbonyl (C=O) groups excluding carboxylic acids is 1. The highest BCUT2D eigenvalue weighted by atomic mass is 19.4. The first-order valence-corrected chi connectivity index (χ1v) is 6.39. The number of rotatable bonds is 1. The number of hydrogen-bond acceptors (Lipinski definition) is 2. The van der Waals surface area contributed by atoms with Crippen LogP contribution in [0.5, 0.6) is 0 Å². The average Bonchev–Trinajstić information content (AvgIpc) is 2.36. The van der Waals surface area contributed by atoms with E-state index < -0.39 is 17.6 Å². The second-order valence-corrected chi connectivity index (χ2v) is 5.05. The summed E-state index contributed by atoms with van der Waals surface area (Å²) in [5.41, 5.74) is -0.751. The van der Waals surface area contributed by atoms with Crippen molar-refractivity contribution in [2.75, 3.05) is 13.1 Å². The van der Waals surface area contributed by atoms with Crippen LogP contribution in [-0.4, -0.2) is 36.1 Å². The largest absolute Gasteiger partial charge is 0.416 e. The normalized spacial score (nSPS) is 23.8. The smallest absolute Gasteiger partial charge is 0.372 e. The van der Waals surface area contributed by atoms with Gasteiger partial charge in [-0.3, -0.25) is 4.79 Å². The quantitative estimate of drug-likeness (QED) is 0.794. The summed E-state index contributed by atoms with van der Waals surface area (Å²) < 4.78 is 43.5. The van der Waals surface area contributed by atoms with E-state index in [1.54, 1.807) is 0 Å². The van der Waals surface area contributed by atoms with Gasteiger partial charge in [0.1, 0.15) is 0 Å². The second-order valence-electron chi connectivity index (χ2n) is 5.05. The van der Waals surface area contributed by atoms with Crippen LogP contribution in [0, 0.1) is 0 Å². The number of hydrogen-bond donors (Lipinski definition) is 0. The lowest BCUT2D eigenvalue weighted by atomic mass is 10.1. The van der Waals surface area contributed by atoms with Gasteiger partial charge in [-0.15, -0.1) is 0 Å². The maximum absolute atomic E-state index is 12.7. The Morgan fingerprint density at radius 2 is 1.85 bits per heavy atom. The molecule has 2 rings (SSSR count). The van der Waals surface area contributed by atoms with Gasteiger partial charge in [0.2, 0.25) is 0 Å². The number of halogens is 3. The molecule has 1 aromatic carbocycles. The van der Waals surface area contributed by atoms with E-state index in [0.717, 1.165) is 12.1 Å². The summed E-state index contributed by atoms with van der Waals surface area (Å²) in [6.07, 6.45) is -4.68. The van der Waals surface area contributed by atoms with E-state index in [9.17, 15) is 18.0 Å². The number of amides is 1. The summed E-state index contributed by atoms with van der Waals surface area (Å²) in [4.78, 5) is 13.8. The Kier molecular flexibility index (Phi) is 4.04. The molecular weight excluding hydrogens is 271 g/mol. The Bertz CT molecular complexity index is 491. The molecule has 1 aliphatic rings. The Balaban J connectivity index is 2.21. The van der Waals surface area contributed by atoms with Crippen molar-refractivity contribution in [1.29, 1.82) is 0 Å². The molecule has 0 saturated carbocycles. The molecule has 0 N–H and O–H groups in total. The van der Waals surface area contributed by atoms with Crippen LogP contribution in [0.25, 0.3) is 0 Å². The van der Waals surface area contributed by atoms with E-state index >= 15 is 0 Å². The van der Waals surface area contributed by atoms with Crippen molar-refractivity contribution in [3.63, 3.8) is 0 Å². The highest BCUT2D eigenvalue weighted by Gasteiger charge is 2.32. The molecule has 1 heterocycles. The lowest BCUT2D eigenvalue weighted by Crippen LogP contribution is -2.48. The Hall–Kier alpha value is -1.56. The van der Waals surface area contributed by atoms with E-state index in [0.29, 0.717) is 13.1 Å². The van der Waals surface area contributed by atoms with E-state index in [1.165, 1.54) is 17.0 Å². The predicted molar refractivity (Wildman–Crippen MR) is 67.4 cm³/mol. The maximum Gasteiger partial charge on any atom is 0.416 e. The van der Waals surface area contributed by atoms with Crippen molar-refractivity contribution >= 4 is 5.91 Å². The number of carbonyl (C=O) groups is 1. The minimum absolute atomic E-state index is 0.0566. The molecule has 1 aromatic rings. The topological polar surface area (TPSA) is 29.5 Å². The number of benzene rings is 1. The predicted octanol–water partition coefficient (Wildman–Crippen LogP) is 2.95. The van der Waals surface area contributed by atoms with Gasteiger partial charge in [0.25, 0.3) is 5.91 Å². The van der Waals surface area contributed by atoms with Gasteiger partial charge in [-0.25, -0.2) is 0 Å². The van der Waals surface area contributed by atoms with Gasteiger partial charge in [0.15, 0.2) is 0 Å². The van der Waals surface area contributed by atoms with Crippen LogP contribution in [-0.2, 0) is 10.9 Å². The molecule has 1 fully saturated rings. The van der Waals surface area contributed by atoms with E-state index in [2.05, 4.69) is 0 Å². The van der Waals surface area contributed by atoms with Crippen molar-refractivity contribution in [2.24, 2.45) is 0 Å². The van der Waals surface area contributed by atoms with Gasteiger partial charge in [-0.2, -0.15) is 13.2 Å². The second kappa shape index (κ2) is 5.44. The fourth-order valence-corrected chi connectivity index (χ4v) is 2.35. The minimum atomic E-state index is -4.44. The molecule has 1 amide bonds. The molecule has 6 heteroatoms. The third kappa shape index (κ3) is 3.30. The van der Waals surface area contributed by atoms with Crippen LogP contribution in [0.4, 0.5) is 13.2 Å². The molecule has 20 heavy (non-hydrogen) atoms. The van der Waals surface area contributed by atoms with Crippen molar-refractivity contribution in [1.82, 2.24) is 4.90 Å². The van der Waals surface area contributed by atoms with Crippen LogP contribution in [0.2, 0.25) is 0 Å². The van der Waals surface area contributed by atoms with Gasteiger partial charge in [-0.05, 0) is 32.0 Å². The monoisotopic (exact) mass is 287 g/mol. The number of morpholine rings is 1. The highest BCUT2D eigenvalue weighted by Crippen LogP contribution is 2.30. The fraction of sp³-hybridized carbons (Fsp3) is 0.500. The van der Waals surface area contributed by atoms with Crippen LogP contribution in [0.1, 0.15) is 29.8 Å². The first-order valence-electron chi connectivity index (χ1n) is 6.39. The summed E-state index contributed by atoms with van der Waals surface area (Å²) in [5.74, 6) is -0.391. The molecule has 110 valence electrons. The molecule has 0 spiro atoms. The third-order valence-corrected chi connectivity index (χ3v) is 3.14. The van der Waals surface area contributed by atoms with Gasteiger partial charge in [0.05, 0.1) is 17.8 Å². The van der Waals surface area contributed by atoms with Gasteiger partial charge in [-0.1, -0.05) is 6.07 Å². The van der Waals surface area contributed by atoms with Crippen molar-refractivity contribution < 1.29 is 22.7 Å². The fourth-order valence-electron chi connectivity index (χ4n) is 2.35. The molecule has 0 bridgehead atoms. The summed E-state index contributed by atoms with van der Waals surface area (Å²) >= 11 is 0. The lowest BCUT2D eigenvalue weighted by Gasteiger charge is -2.35. The molecule has 1 saturated heterocycles. The standard InChI is InChI=1S/C14H16F3NO2/c1-9-7-18(8-10(2)20-9)13(19)11-4-3-5-12(6-11)14(15,16)17/h3-6,9-10H,7-8H2,1-2H3/t9-,10+. The van der Waals surface area contributed by atoms with Crippen LogP contribution in [0.15, 0.2) is 24.3 Å². The Labute approximate surface area is 115 Å². The molecular formula is C14H16F3NO2. The molecule has 0 radical (unpaired) electrons. The molecule has 0 unspecified atom stereocenters. The Morgan fingerprint density at radius 3 is 2.40 bits per heavy atom. The highest BCUT2D eigenvalue weighted by molar-refractivity contribution is 5.94. The van der Waals surface area contributed by atoms with Gasteiger partial charge < -0.3 is 9.64 Å². The van der Waals surface area contributed by atoms with E-state index in [-0.39, 0.29) is 17.8 Å². The third-order valence-electron chi connectivity index (χ3n) is 3.14. The summed E-state index contributed by atoms with van der Waals surface area (Å²) in [5, 5.41) is 0. The van der Waals surface area contributed by atoms with Crippen LogP contribution in [0.3, 0.4) is 0 Å². The number of nitrogens with zero attached hydrogens (tertiary/aromatic N) is 1. The average molecular weight is 287 g/mol. The molecule has 3 nitrogen and oxygen atoms in total. The van der Waals surface area contributed by atoms with Gasteiger partial charge in [0, 0.05) is 18.7 Å². The van der Waals surface area contributed by atoms with Crippen molar-refractivity contribution in [3.8, 4) is 0 Å². The zero-order chi connectivity index (χ0) is 14.9. The van der Waals surface area contributed by atoms with Crippen LogP contribution >= 0.6 is 0 Å². The minimum Gasteiger partial charge on any atom is -0.372 e. The summed E-state index contributed by atoms with van der Waals surface area (Å²) in [6.45, 7) is 4.45. The first kappa shape index (κ1) is 14.8. The first-order chi connectivity index (χ1) is 9.27. The summed E-state index contributed by atoms with van der Waals surface area (Å²) in [7, 11) is 0. The summed E-state index contributed by atoms with van der Waals surface area (Å²) in [6, 6.07) is 4.51. The number of ether oxygens (including phenoxy) is 1. The molecule has 0 aromatic heterocycles. The van der Waals surface area contributed by atoms with Gasteiger partial charge >= 0.3 is 6.18 Å². The Morgan fingerprint density at radius 1 is 1.25 bits per heavy atom. The molecule has 2 atom stereocenters. The SMILES string of the molecule is C[C@@H]1CN(C(=O)c2cccc(C(F)(F)F)c2)C[C@H](C)O1. The lowest BCUT2D eigenvalue weighted by molar-refractivity contribution is -0.137. The number of alkyl halides is 3. The zero-order valence-corrected chi connectivity index (χ0v) is 11.3. The van der Waals surface area contributed by atoms with Crippen LogP contribution < -0.4 is 0 Å². The zero-order valence-electron chi connectivity index (χ0n) is 11.3. The van der Waals surface area contributed by atoms with E-state index in [4.69, 9.17) is 4.74 Å². The van der Waals surface area contributed by atoms with Crippen molar-refractivity contribution in [2.45, 2.75) is 32.2 Å².